The Hall–Kier alpha value is -1.58. The van der Waals surface area contributed by atoms with Gasteiger partial charge in [-0.05, 0) is 39.2 Å². The first-order chi connectivity index (χ1) is 9.01. The van der Waals surface area contributed by atoms with Crippen LogP contribution < -0.4 is 0 Å². The Kier molecular flexibility index (Phi) is 5.80. The fraction of sp³-hybridized carbons (Fsp3) is 0.600. The molecule has 0 aromatic carbocycles. The van der Waals surface area contributed by atoms with Gasteiger partial charge >= 0.3 is 5.97 Å². The zero-order valence-corrected chi connectivity index (χ0v) is 11.9. The number of amides is 1. The molecule has 0 bridgehead atoms. The van der Waals surface area contributed by atoms with E-state index in [1.54, 1.807) is 11.8 Å². The van der Waals surface area contributed by atoms with E-state index in [1.165, 1.54) is 6.08 Å². The summed E-state index contributed by atoms with van der Waals surface area (Å²) in [5.41, 5.74) is 0.391. The van der Waals surface area contributed by atoms with Gasteiger partial charge in [0.1, 0.15) is 6.10 Å². The topological polar surface area (TPSA) is 46.6 Å². The van der Waals surface area contributed by atoms with Gasteiger partial charge in [-0.15, -0.1) is 0 Å². The van der Waals surface area contributed by atoms with Crippen LogP contribution in [0.15, 0.2) is 24.8 Å². The van der Waals surface area contributed by atoms with Gasteiger partial charge in [-0.3, -0.25) is 4.79 Å². The van der Waals surface area contributed by atoms with Crippen LogP contribution >= 0.6 is 0 Å². The van der Waals surface area contributed by atoms with Gasteiger partial charge in [-0.2, -0.15) is 0 Å². The zero-order chi connectivity index (χ0) is 14.4. The van der Waals surface area contributed by atoms with Gasteiger partial charge in [0.05, 0.1) is 6.04 Å². The third-order valence-corrected chi connectivity index (χ3v) is 3.47. The van der Waals surface area contributed by atoms with Crippen LogP contribution in [0.2, 0.25) is 0 Å². The van der Waals surface area contributed by atoms with E-state index in [-0.39, 0.29) is 24.0 Å². The first kappa shape index (κ1) is 15.5. The van der Waals surface area contributed by atoms with Gasteiger partial charge in [-0.1, -0.05) is 19.6 Å². The van der Waals surface area contributed by atoms with Gasteiger partial charge in [0.2, 0.25) is 5.91 Å². The summed E-state index contributed by atoms with van der Waals surface area (Å²) in [6, 6.07) is -0.0486. The molecule has 4 heteroatoms. The number of esters is 1. The molecule has 0 N–H and O–H groups in total. The van der Waals surface area contributed by atoms with Crippen molar-refractivity contribution in [3.8, 4) is 0 Å². The van der Waals surface area contributed by atoms with Crippen LogP contribution in [-0.2, 0) is 14.3 Å². The van der Waals surface area contributed by atoms with E-state index >= 15 is 0 Å². The fourth-order valence-electron chi connectivity index (χ4n) is 2.48. The summed E-state index contributed by atoms with van der Waals surface area (Å²) >= 11 is 0. The molecule has 19 heavy (non-hydrogen) atoms. The van der Waals surface area contributed by atoms with Gasteiger partial charge in [-0.25, -0.2) is 4.79 Å². The molecule has 1 aliphatic carbocycles. The Morgan fingerprint density at radius 1 is 1.37 bits per heavy atom. The maximum Gasteiger partial charge on any atom is 0.333 e. The second kappa shape index (κ2) is 7.12. The Bertz CT molecular complexity index is 376. The van der Waals surface area contributed by atoms with Crippen LogP contribution in [0.25, 0.3) is 0 Å². The molecule has 0 aliphatic heterocycles. The summed E-state index contributed by atoms with van der Waals surface area (Å²) in [7, 11) is 0. The summed E-state index contributed by atoms with van der Waals surface area (Å²) in [6.45, 7) is 11.3. The largest absolute Gasteiger partial charge is 0.457 e. The van der Waals surface area contributed by atoms with Crippen molar-refractivity contribution in [3.63, 3.8) is 0 Å². The molecule has 1 aliphatic rings. The molecule has 0 heterocycles. The number of carbonyl (C=O) groups is 2. The number of rotatable bonds is 5. The van der Waals surface area contributed by atoms with E-state index in [1.807, 2.05) is 6.92 Å². The van der Waals surface area contributed by atoms with E-state index in [9.17, 15) is 9.59 Å². The smallest absolute Gasteiger partial charge is 0.333 e. The van der Waals surface area contributed by atoms with Gasteiger partial charge in [0.15, 0.2) is 0 Å². The molecule has 0 saturated heterocycles. The van der Waals surface area contributed by atoms with Crippen molar-refractivity contribution in [1.29, 1.82) is 0 Å². The lowest BCUT2D eigenvalue weighted by atomic mass is 9.91. The van der Waals surface area contributed by atoms with Crippen molar-refractivity contribution in [2.24, 2.45) is 0 Å². The number of hydrogen-bond acceptors (Lipinski definition) is 3. The quantitative estimate of drug-likeness (QED) is 0.566. The molecule has 0 aromatic heterocycles. The summed E-state index contributed by atoms with van der Waals surface area (Å²) in [4.78, 5) is 25.3. The Labute approximate surface area is 115 Å². The summed E-state index contributed by atoms with van der Waals surface area (Å²) in [5, 5.41) is 0. The number of likely N-dealkylation sites (N-methyl/N-ethyl adjacent to an activating group) is 1. The highest BCUT2D eigenvalue weighted by atomic mass is 16.5. The van der Waals surface area contributed by atoms with Crippen LogP contribution in [0, 0.1) is 0 Å². The minimum atomic E-state index is -0.376. The number of carbonyl (C=O) groups excluding carboxylic acids is 2. The SMILES string of the molecule is C=CC(=O)N(CC)C1CCCCC1OC(=O)C(=C)C. The molecular formula is C15H23NO3. The monoisotopic (exact) mass is 265 g/mol. The minimum absolute atomic E-state index is 0.0486. The molecule has 106 valence electrons. The summed E-state index contributed by atoms with van der Waals surface area (Å²) in [6.07, 6.45) is 4.81. The predicted octanol–water partition coefficient (Wildman–Crippen LogP) is 2.45. The lowest BCUT2D eigenvalue weighted by Crippen LogP contribution is -2.49. The van der Waals surface area contributed by atoms with Crippen LogP contribution in [0.1, 0.15) is 39.5 Å². The van der Waals surface area contributed by atoms with Crippen LogP contribution in [0.4, 0.5) is 0 Å². The lowest BCUT2D eigenvalue weighted by Gasteiger charge is -2.38. The summed E-state index contributed by atoms with van der Waals surface area (Å²) < 4.78 is 5.48. The van der Waals surface area contributed by atoms with E-state index in [0.717, 1.165) is 25.7 Å². The van der Waals surface area contributed by atoms with Gasteiger partial charge < -0.3 is 9.64 Å². The van der Waals surface area contributed by atoms with Crippen molar-refractivity contribution < 1.29 is 14.3 Å². The lowest BCUT2D eigenvalue weighted by molar-refractivity contribution is -0.153. The van der Waals surface area contributed by atoms with Crippen molar-refractivity contribution >= 4 is 11.9 Å². The molecule has 0 radical (unpaired) electrons. The first-order valence-electron chi connectivity index (χ1n) is 6.80. The maximum absolute atomic E-state index is 11.9. The van der Waals surface area contributed by atoms with Crippen molar-refractivity contribution in [2.45, 2.75) is 51.7 Å². The number of ether oxygens (including phenoxy) is 1. The van der Waals surface area contributed by atoms with Crippen LogP contribution in [0.3, 0.4) is 0 Å². The van der Waals surface area contributed by atoms with Gasteiger partial charge in [0, 0.05) is 12.1 Å². The molecule has 1 amide bonds. The Morgan fingerprint density at radius 2 is 2.00 bits per heavy atom. The van der Waals surface area contributed by atoms with Crippen LogP contribution in [0.5, 0.6) is 0 Å². The fourth-order valence-corrected chi connectivity index (χ4v) is 2.48. The first-order valence-corrected chi connectivity index (χ1v) is 6.80. The van der Waals surface area contributed by atoms with Crippen molar-refractivity contribution in [2.75, 3.05) is 6.54 Å². The second-order valence-corrected chi connectivity index (χ2v) is 4.90. The molecule has 0 aromatic rings. The molecule has 0 spiro atoms. The third kappa shape index (κ3) is 3.94. The molecular weight excluding hydrogens is 242 g/mol. The molecule has 1 rings (SSSR count). The standard InChI is InChI=1S/C15H23NO3/c1-5-14(17)16(6-2)12-9-7-8-10-13(12)19-15(18)11(3)4/h5,12-13H,1,3,6-10H2,2,4H3. The number of hydrogen-bond donors (Lipinski definition) is 0. The average molecular weight is 265 g/mol. The number of nitrogens with zero attached hydrogens (tertiary/aromatic N) is 1. The van der Waals surface area contributed by atoms with Crippen LogP contribution in [-0.4, -0.2) is 35.5 Å². The van der Waals surface area contributed by atoms with Crippen molar-refractivity contribution in [1.82, 2.24) is 4.90 Å². The molecule has 4 nitrogen and oxygen atoms in total. The highest BCUT2D eigenvalue weighted by molar-refractivity contribution is 5.88. The van der Waals surface area contributed by atoms with E-state index in [4.69, 9.17) is 4.74 Å². The highest BCUT2D eigenvalue weighted by Crippen LogP contribution is 2.26. The second-order valence-electron chi connectivity index (χ2n) is 4.90. The van der Waals surface area contributed by atoms with Crippen molar-refractivity contribution in [3.05, 3.63) is 24.8 Å². The minimum Gasteiger partial charge on any atom is -0.457 e. The Balaban J connectivity index is 2.81. The molecule has 1 fully saturated rings. The summed E-state index contributed by atoms with van der Waals surface area (Å²) in [5.74, 6) is -0.482. The molecule has 2 atom stereocenters. The third-order valence-electron chi connectivity index (χ3n) is 3.47. The van der Waals surface area contributed by atoms with Gasteiger partial charge in [0.25, 0.3) is 0 Å². The van der Waals surface area contributed by atoms with E-state index < -0.39 is 0 Å². The normalized spacial score (nSPS) is 22.4. The zero-order valence-electron chi connectivity index (χ0n) is 11.9. The predicted molar refractivity (Wildman–Crippen MR) is 74.5 cm³/mol. The highest BCUT2D eigenvalue weighted by Gasteiger charge is 2.33. The molecule has 1 saturated carbocycles. The average Bonchev–Trinajstić information content (AvgIpc) is 2.40. The maximum atomic E-state index is 11.9. The van der Waals surface area contributed by atoms with E-state index in [0.29, 0.717) is 12.1 Å². The Morgan fingerprint density at radius 3 is 2.53 bits per heavy atom. The molecule has 2 unspecified atom stereocenters. The van der Waals surface area contributed by atoms with E-state index in [2.05, 4.69) is 13.2 Å².